The lowest BCUT2D eigenvalue weighted by Gasteiger charge is -2.36. The summed E-state index contributed by atoms with van der Waals surface area (Å²) in [5.41, 5.74) is 8.78. The Bertz CT molecular complexity index is 388. The predicted octanol–water partition coefficient (Wildman–Crippen LogP) is 3.26. The van der Waals surface area contributed by atoms with Gasteiger partial charge in [0.1, 0.15) is 0 Å². The molecule has 1 aliphatic rings. The molecule has 100 valence electrons. The minimum Gasteiger partial charge on any atom is -0.329 e. The van der Waals surface area contributed by atoms with E-state index >= 15 is 0 Å². The van der Waals surface area contributed by atoms with Crippen LogP contribution in [0, 0.1) is 6.92 Å². The summed E-state index contributed by atoms with van der Waals surface area (Å²) < 4.78 is 0. The highest BCUT2D eigenvalue weighted by Gasteiger charge is 2.34. The van der Waals surface area contributed by atoms with Crippen molar-refractivity contribution in [2.24, 2.45) is 5.73 Å². The normalized spacial score (nSPS) is 26.4. The van der Waals surface area contributed by atoms with Crippen molar-refractivity contribution in [3.63, 3.8) is 0 Å². The van der Waals surface area contributed by atoms with E-state index in [2.05, 4.69) is 49.9 Å². The van der Waals surface area contributed by atoms with Crippen LogP contribution in [-0.2, 0) is 0 Å². The van der Waals surface area contributed by atoms with E-state index in [1.807, 2.05) is 0 Å². The number of benzene rings is 1. The SMILES string of the molecule is CCC1CCC(C)N1C(CN)c1cccc(C)c1. The van der Waals surface area contributed by atoms with E-state index < -0.39 is 0 Å². The van der Waals surface area contributed by atoms with Gasteiger partial charge in [0.15, 0.2) is 0 Å². The Hall–Kier alpha value is -0.860. The molecule has 0 spiro atoms. The smallest absolute Gasteiger partial charge is 0.0476 e. The number of hydrogen-bond acceptors (Lipinski definition) is 2. The van der Waals surface area contributed by atoms with Crippen molar-refractivity contribution < 1.29 is 0 Å². The van der Waals surface area contributed by atoms with Crippen LogP contribution in [0.15, 0.2) is 24.3 Å². The number of nitrogens with two attached hydrogens (primary N) is 1. The molecule has 2 N–H and O–H groups in total. The molecule has 1 aromatic carbocycles. The number of hydrogen-bond donors (Lipinski definition) is 1. The Morgan fingerprint density at radius 2 is 2.17 bits per heavy atom. The van der Waals surface area contributed by atoms with E-state index in [4.69, 9.17) is 5.73 Å². The van der Waals surface area contributed by atoms with Gasteiger partial charge < -0.3 is 5.73 Å². The third kappa shape index (κ3) is 2.60. The van der Waals surface area contributed by atoms with Gasteiger partial charge in [-0.1, -0.05) is 36.8 Å². The lowest BCUT2D eigenvalue weighted by atomic mass is 10.0. The Kier molecular flexibility index (Phi) is 4.41. The van der Waals surface area contributed by atoms with Crippen molar-refractivity contribution in [1.82, 2.24) is 4.90 Å². The summed E-state index contributed by atoms with van der Waals surface area (Å²) in [4.78, 5) is 2.65. The maximum absolute atomic E-state index is 6.07. The second kappa shape index (κ2) is 5.85. The molecule has 1 heterocycles. The van der Waals surface area contributed by atoms with Gasteiger partial charge in [0.2, 0.25) is 0 Å². The predicted molar refractivity (Wildman–Crippen MR) is 77.6 cm³/mol. The van der Waals surface area contributed by atoms with Crippen molar-refractivity contribution in [2.45, 2.75) is 58.2 Å². The van der Waals surface area contributed by atoms with Gasteiger partial charge in [-0.25, -0.2) is 0 Å². The van der Waals surface area contributed by atoms with Crippen molar-refractivity contribution in [2.75, 3.05) is 6.54 Å². The van der Waals surface area contributed by atoms with Gasteiger partial charge >= 0.3 is 0 Å². The van der Waals surface area contributed by atoms with E-state index in [-0.39, 0.29) is 0 Å². The largest absolute Gasteiger partial charge is 0.329 e. The first kappa shape index (κ1) is 13.6. The monoisotopic (exact) mass is 246 g/mol. The summed E-state index contributed by atoms with van der Waals surface area (Å²) in [5.74, 6) is 0. The maximum Gasteiger partial charge on any atom is 0.0476 e. The molecule has 2 nitrogen and oxygen atoms in total. The summed E-state index contributed by atoms with van der Waals surface area (Å²) in [6.45, 7) is 7.50. The van der Waals surface area contributed by atoms with Crippen LogP contribution in [0.25, 0.3) is 0 Å². The van der Waals surface area contributed by atoms with Crippen molar-refractivity contribution in [1.29, 1.82) is 0 Å². The van der Waals surface area contributed by atoms with Gasteiger partial charge in [0, 0.05) is 24.7 Å². The molecule has 0 amide bonds. The fourth-order valence-electron chi connectivity index (χ4n) is 3.38. The van der Waals surface area contributed by atoms with Crippen LogP contribution in [0.2, 0.25) is 0 Å². The lowest BCUT2D eigenvalue weighted by molar-refractivity contribution is 0.137. The van der Waals surface area contributed by atoms with Crippen molar-refractivity contribution >= 4 is 0 Å². The molecule has 2 heteroatoms. The molecule has 0 aliphatic carbocycles. The quantitative estimate of drug-likeness (QED) is 0.883. The van der Waals surface area contributed by atoms with Crippen LogP contribution in [-0.4, -0.2) is 23.5 Å². The highest BCUT2D eigenvalue weighted by atomic mass is 15.2. The fraction of sp³-hybridized carbons (Fsp3) is 0.625. The number of likely N-dealkylation sites (tertiary alicyclic amines) is 1. The Morgan fingerprint density at radius 3 is 2.78 bits per heavy atom. The van der Waals surface area contributed by atoms with Crippen LogP contribution in [0.3, 0.4) is 0 Å². The minimum atomic E-state index is 0.382. The van der Waals surface area contributed by atoms with Crippen LogP contribution in [0.1, 0.15) is 50.3 Å². The summed E-state index contributed by atoms with van der Waals surface area (Å²) in [6.07, 6.45) is 3.85. The molecular weight excluding hydrogens is 220 g/mol. The molecule has 0 radical (unpaired) electrons. The topological polar surface area (TPSA) is 29.3 Å². The fourth-order valence-corrected chi connectivity index (χ4v) is 3.38. The van der Waals surface area contributed by atoms with E-state index in [1.165, 1.54) is 30.4 Å². The first-order chi connectivity index (χ1) is 8.67. The first-order valence-electron chi connectivity index (χ1n) is 7.21. The molecule has 1 aliphatic heterocycles. The molecule has 0 bridgehead atoms. The van der Waals surface area contributed by atoms with E-state index in [1.54, 1.807) is 0 Å². The number of nitrogens with zero attached hydrogens (tertiary/aromatic N) is 1. The van der Waals surface area contributed by atoms with Crippen LogP contribution >= 0.6 is 0 Å². The highest BCUT2D eigenvalue weighted by Crippen LogP contribution is 2.34. The standard InChI is InChI=1S/C16H26N2/c1-4-15-9-8-13(3)18(15)16(11-17)14-7-5-6-12(2)10-14/h5-7,10,13,15-16H,4,8-9,11,17H2,1-3H3. The number of aryl methyl sites for hydroxylation is 1. The molecule has 1 aromatic rings. The number of rotatable bonds is 4. The van der Waals surface area contributed by atoms with Gasteiger partial charge in [-0.2, -0.15) is 0 Å². The summed E-state index contributed by atoms with van der Waals surface area (Å²) in [5, 5.41) is 0. The van der Waals surface area contributed by atoms with E-state index in [0.29, 0.717) is 24.7 Å². The maximum atomic E-state index is 6.07. The second-order valence-corrected chi connectivity index (χ2v) is 5.60. The minimum absolute atomic E-state index is 0.382. The van der Waals surface area contributed by atoms with Gasteiger partial charge in [-0.15, -0.1) is 0 Å². The Morgan fingerprint density at radius 1 is 1.39 bits per heavy atom. The third-order valence-electron chi connectivity index (χ3n) is 4.33. The lowest BCUT2D eigenvalue weighted by Crippen LogP contribution is -2.41. The molecule has 3 atom stereocenters. The molecule has 0 saturated carbocycles. The summed E-state index contributed by atoms with van der Waals surface area (Å²) >= 11 is 0. The summed E-state index contributed by atoms with van der Waals surface area (Å²) in [6, 6.07) is 10.6. The van der Waals surface area contributed by atoms with Crippen LogP contribution < -0.4 is 5.73 Å². The molecule has 2 rings (SSSR count). The third-order valence-corrected chi connectivity index (χ3v) is 4.33. The zero-order valence-electron chi connectivity index (χ0n) is 11.9. The molecule has 3 unspecified atom stereocenters. The van der Waals surface area contributed by atoms with Crippen molar-refractivity contribution in [3.8, 4) is 0 Å². The second-order valence-electron chi connectivity index (χ2n) is 5.60. The molecule has 18 heavy (non-hydrogen) atoms. The summed E-state index contributed by atoms with van der Waals surface area (Å²) in [7, 11) is 0. The molecule has 1 saturated heterocycles. The molecule has 0 aromatic heterocycles. The van der Waals surface area contributed by atoms with Gasteiger partial charge in [0.25, 0.3) is 0 Å². The van der Waals surface area contributed by atoms with Gasteiger partial charge in [-0.05, 0) is 38.7 Å². The van der Waals surface area contributed by atoms with Gasteiger partial charge in [-0.3, -0.25) is 4.90 Å². The van der Waals surface area contributed by atoms with Crippen LogP contribution in [0.5, 0.6) is 0 Å². The average molecular weight is 246 g/mol. The highest BCUT2D eigenvalue weighted by molar-refractivity contribution is 5.26. The van der Waals surface area contributed by atoms with Crippen molar-refractivity contribution in [3.05, 3.63) is 35.4 Å². The molecule has 1 fully saturated rings. The van der Waals surface area contributed by atoms with Crippen LogP contribution in [0.4, 0.5) is 0 Å². The zero-order valence-corrected chi connectivity index (χ0v) is 11.9. The van der Waals surface area contributed by atoms with E-state index in [9.17, 15) is 0 Å². The first-order valence-corrected chi connectivity index (χ1v) is 7.21. The Balaban J connectivity index is 2.27. The average Bonchev–Trinajstić information content (AvgIpc) is 2.72. The van der Waals surface area contributed by atoms with Gasteiger partial charge in [0.05, 0.1) is 0 Å². The van der Waals surface area contributed by atoms with E-state index in [0.717, 1.165) is 0 Å². The molecular formula is C16H26N2. The Labute approximate surface area is 111 Å². The zero-order chi connectivity index (χ0) is 13.1.